The van der Waals surface area contributed by atoms with Crippen LogP contribution in [0.3, 0.4) is 0 Å². The highest BCUT2D eigenvalue weighted by atomic mass is 19.4. The van der Waals surface area contributed by atoms with Gasteiger partial charge in [0.05, 0.1) is 12.2 Å². The van der Waals surface area contributed by atoms with Gasteiger partial charge in [-0.25, -0.2) is 0 Å². The van der Waals surface area contributed by atoms with E-state index in [4.69, 9.17) is 0 Å². The van der Waals surface area contributed by atoms with Gasteiger partial charge in [0.1, 0.15) is 0 Å². The number of halogens is 3. The molecule has 6 atom stereocenters. The Morgan fingerprint density at radius 3 is 2.49 bits per heavy atom. The molecule has 0 aromatic carbocycles. The molecular weight excluding hydrogens is 455 g/mol. The number of likely N-dealkylation sites (tertiary alicyclic amines) is 1. The molecule has 4 rings (SSSR count). The first-order chi connectivity index (χ1) is 16.3. The first kappa shape index (κ1) is 26.9. The van der Waals surface area contributed by atoms with Crippen LogP contribution in [0.15, 0.2) is 35.5 Å². The van der Waals surface area contributed by atoms with Crippen molar-refractivity contribution in [3.63, 3.8) is 0 Å². The van der Waals surface area contributed by atoms with Crippen molar-refractivity contribution in [2.24, 2.45) is 23.2 Å². The summed E-state index contributed by atoms with van der Waals surface area (Å²) in [6.45, 7) is 10.0. The molecule has 0 aromatic rings. The Bertz CT molecular complexity index is 858. The number of allylic oxidation sites excluding steroid dienone is 3. The smallest absolute Gasteiger partial charge is 0.393 e. The van der Waals surface area contributed by atoms with Crippen molar-refractivity contribution in [2.75, 3.05) is 19.6 Å². The van der Waals surface area contributed by atoms with E-state index in [0.29, 0.717) is 36.2 Å². The van der Waals surface area contributed by atoms with Crippen LogP contribution in [0.5, 0.6) is 0 Å². The summed E-state index contributed by atoms with van der Waals surface area (Å²) in [4.78, 5) is 2.11. The third-order valence-electron chi connectivity index (χ3n) is 9.75. The minimum Gasteiger partial charge on any atom is -0.393 e. The van der Waals surface area contributed by atoms with Crippen LogP contribution in [0.4, 0.5) is 13.2 Å². The van der Waals surface area contributed by atoms with E-state index in [9.17, 15) is 28.5 Å². The molecule has 1 aliphatic heterocycles. The Morgan fingerprint density at radius 1 is 1.14 bits per heavy atom. The van der Waals surface area contributed by atoms with Crippen molar-refractivity contribution in [3.8, 4) is 0 Å². The number of nitrogens with zero attached hydrogens (tertiary/aromatic N) is 1. The number of hydrogen-bond donors (Lipinski definition) is 3. The van der Waals surface area contributed by atoms with Crippen LogP contribution < -0.4 is 0 Å². The van der Waals surface area contributed by atoms with E-state index in [1.54, 1.807) is 0 Å². The highest BCUT2D eigenvalue weighted by Crippen LogP contribution is 2.59. The fourth-order valence-electron chi connectivity index (χ4n) is 7.60. The van der Waals surface area contributed by atoms with Gasteiger partial charge in [-0.1, -0.05) is 38.2 Å². The molecule has 3 N–H and O–H groups in total. The average molecular weight is 498 g/mol. The number of fused-ring (bicyclic) bond motifs is 1. The molecule has 198 valence electrons. The lowest BCUT2D eigenvalue weighted by molar-refractivity contribution is -0.272. The molecule has 35 heavy (non-hydrogen) atoms. The first-order valence-corrected chi connectivity index (χ1v) is 13.3. The van der Waals surface area contributed by atoms with E-state index in [-0.39, 0.29) is 31.3 Å². The van der Waals surface area contributed by atoms with Gasteiger partial charge in [0.25, 0.3) is 0 Å². The van der Waals surface area contributed by atoms with Gasteiger partial charge in [-0.15, -0.1) is 0 Å². The minimum atomic E-state index is -4.56. The number of alkyl halides is 3. The summed E-state index contributed by atoms with van der Waals surface area (Å²) in [6, 6.07) is 0. The van der Waals surface area contributed by atoms with Crippen LogP contribution in [-0.4, -0.2) is 63.8 Å². The molecule has 1 heterocycles. The van der Waals surface area contributed by atoms with Gasteiger partial charge in [0.2, 0.25) is 0 Å². The zero-order valence-corrected chi connectivity index (χ0v) is 21.2. The molecule has 4 nitrogen and oxygen atoms in total. The second kappa shape index (κ2) is 9.96. The topological polar surface area (TPSA) is 63.9 Å². The second-order valence-electron chi connectivity index (χ2n) is 12.0. The van der Waals surface area contributed by atoms with Gasteiger partial charge in [0.15, 0.2) is 5.60 Å². The number of piperidine rings is 1. The van der Waals surface area contributed by atoms with Gasteiger partial charge >= 0.3 is 6.18 Å². The second-order valence-corrected chi connectivity index (χ2v) is 12.0. The molecule has 7 heteroatoms. The fraction of sp³-hybridized carbons (Fsp3) is 0.786. The van der Waals surface area contributed by atoms with E-state index >= 15 is 0 Å². The Morgan fingerprint density at radius 2 is 1.83 bits per heavy atom. The number of hydrogen-bond acceptors (Lipinski definition) is 4. The Kier molecular flexibility index (Phi) is 7.65. The lowest BCUT2D eigenvalue weighted by Gasteiger charge is -2.46. The van der Waals surface area contributed by atoms with Crippen LogP contribution in [0.1, 0.15) is 71.6 Å². The summed E-state index contributed by atoms with van der Waals surface area (Å²) in [5, 5.41) is 30.2. The maximum atomic E-state index is 13.2. The normalized spacial score (nSPS) is 39.7. The van der Waals surface area contributed by atoms with Gasteiger partial charge < -0.3 is 20.2 Å². The van der Waals surface area contributed by atoms with Crippen molar-refractivity contribution >= 4 is 0 Å². The van der Waals surface area contributed by atoms with Crippen molar-refractivity contribution in [2.45, 2.75) is 95.6 Å². The molecular formula is C28H42F3NO3. The maximum Gasteiger partial charge on any atom is 0.417 e. The van der Waals surface area contributed by atoms with E-state index in [1.165, 1.54) is 12.0 Å². The molecule has 4 fully saturated rings. The predicted molar refractivity (Wildman–Crippen MR) is 131 cm³/mol. The summed E-state index contributed by atoms with van der Waals surface area (Å²) in [6.07, 6.45) is 4.48. The van der Waals surface area contributed by atoms with Crippen LogP contribution >= 0.6 is 0 Å². The average Bonchev–Trinajstić information content (AvgIpc) is 3.13. The number of rotatable bonds is 4. The van der Waals surface area contributed by atoms with Crippen molar-refractivity contribution in [1.29, 1.82) is 0 Å². The maximum absolute atomic E-state index is 13.2. The highest BCUT2D eigenvalue weighted by Gasteiger charge is 2.55. The van der Waals surface area contributed by atoms with E-state index in [2.05, 4.69) is 37.5 Å². The predicted octanol–water partition coefficient (Wildman–Crippen LogP) is 5.15. The minimum absolute atomic E-state index is 0.174. The summed E-state index contributed by atoms with van der Waals surface area (Å²) < 4.78 is 39.5. The number of aliphatic hydroxyl groups excluding tert-OH is 2. The molecule has 1 unspecified atom stereocenters. The molecule has 0 amide bonds. The van der Waals surface area contributed by atoms with Crippen molar-refractivity contribution < 1.29 is 28.5 Å². The van der Waals surface area contributed by atoms with Gasteiger partial charge in [-0.2, -0.15) is 13.2 Å². The van der Waals surface area contributed by atoms with Gasteiger partial charge in [0, 0.05) is 26.1 Å². The standard InChI is InChI=1S/C28H42F3NO3/c1-18(17-32-13-11-27(35,12-14-32)28(29,30)31)23-8-9-24-20(5-4-10-26(23,24)3)6-7-21-15-22(33)16-25(34)19(21)2/h6-7,18,22-25,33-35H,2,4-5,8-17H2,1,3H3/b20-6+,21-7-/t18?,22-,23-,24+,25+,26-/m1/s1. The van der Waals surface area contributed by atoms with Crippen LogP contribution in [0, 0.1) is 23.2 Å². The Balaban J connectivity index is 1.41. The molecule has 3 aliphatic carbocycles. The third-order valence-corrected chi connectivity index (χ3v) is 9.75. The Hall–Kier alpha value is -1.15. The lowest BCUT2D eigenvalue weighted by atomic mass is 9.61. The van der Waals surface area contributed by atoms with Crippen LogP contribution in [-0.2, 0) is 0 Å². The largest absolute Gasteiger partial charge is 0.417 e. The summed E-state index contributed by atoms with van der Waals surface area (Å²) in [5.74, 6) is 1.38. The first-order valence-electron chi connectivity index (χ1n) is 13.3. The third kappa shape index (κ3) is 5.29. The summed E-state index contributed by atoms with van der Waals surface area (Å²) >= 11 is 0. The summed E-state index contributed by atoms with van der Waals surface area (Å²) in [5.41, 5.74) is 0.722. The molecule has 0 bridgehead atoms. The van der Waals surface area contributed by atoms with E-state index in [0.717, 1.165) is 37.8 Å². The van der Waals surface area contributed by atoms with Crippen molar-refractivity contribution in [1.82, 2.24) is 4.90 Å². The molecule has 1 saturated heterocycles. The molecule has 3 saturated carbocycles. The van der Waals surface area contributed by atoms with Crippen LogP contribution in [0.25, 0.3) is 0 Å². The zero-order chi connectivity index (χ0) is 25.6. The monoisotopic (exact) mass is 497 g/mol. The van der Waals surface area contributed by atoms with Crippen molar-refractivity contribution in [3.05, 3.63) is 35.5 Å². The number of aliphatic hydroxyl groups is 3. The molecule has 0 spiro atoms. The quantitative estimate of drug-likeness (QED) is 0.503. The van der Waals surface area contributed by atoms with Gasteiger partial charge in [-0.3, -0.25) is 0 Å². The highest BCUT2D eigenvalue weighted by molar-refractivity contribution is 5.38. The lowest BCUT2D eigenvalue weighted by Crippen LogP contribution is -2.54. The SMILES string of the molecule is C=C1/C(=C\C=C2/CCC[C@]3(C)[C@@H](C(C)CN4CCC(O)(C(F)(F)F)CC4)CC[C@@H]23)C[C@@H](O)C[C@@H]1O. The Labute approximate surface area is 207 Å². The summed E-state index contributed by atoms with van der Waals surface area (Å²) in [7, 11) is 0. The molecule has 0 aromatic heterocycles. The van der Waals surface area contributed by atoms with E-state index in [1.807, 2.05) is 0 Å². The molecule has 4 aliphatic rings. The molecule has 0 radical (unpaired) electrons. The van der Waals surface area contributed by atoms with Gasteiger partial charge in [-0.05, 0) is 85.7 Å². The fourth-order valence-corrected chi connectivity index (χ4v) is 7.60. The van der Waals surface area contributed by atoms with Crippen LogP contribution in [0.2, 0.25) is 0 Å². The van der Waals surface area contributed by atoms with E-state index < -0.39 is 24.0 Å². The zero-order valence-electron chi connectivity index (χ0n) is 21.2.